The van der Waals surface area contributed by atoms with E-state index in [4.69, 9.17) is 9.47 Å². The molecular weight excluding hydrogens is 340 g/mol. The Morgan fingerprint density at radius 1 is 1.00 bits per heavy atom. The highest BCUT2D eigenvalue weighted by Crippen LogP contribution is 2.42. The molecule has 2 aromatic rings. The van der Waals surface area contributed by atoms with Crippen LogP contribution in [-0.4, -0.2) is 35.4 Å². The summed E-state index contributed by atoms with van der Waals surface area (Å²) in [4.78, 5) is 2.12. The third-order valence-electron chi connectivity index (χ3n) is 5.86. The predicted molar refractivity (Wildman–Crippen MR) is 104 cm³/mol. The van der Waals surface area contributed by atoms with Gasteiger partial charge in [-0.2, -0.15) is 4.90 Å². The van der Waals surface area contributed by atoms with Gasteiger partial charge in [0.05, 0.1) is 6.54 Å². The summed E-state index contributed by atoms with van der Waals surface area (Å²) in [6, 6.07) is 14.2. The maximum absolute atomic E-state index is 11.9. The third-order valence-corrected chi connectivity index (χ3v) is 5.86. The van der Waals surface area contributed by atoms with Gasteiger partial charge < -0.3 is 14.6 Å². The highest BCUT2D eigenvalue weighted by molar-refractivity contribution is 5.97. The van der Waals surface area contributed by atoms with Crippen molar-refractivity contribution in [1.29, 1.82) is 0 Å². The molecule has 0 aliphatic carbocycles. The molecule has 1 atom stereocenters. The molecule has 5 heteroatoms. The maximum atomic E-state index is 11.9. The Bertz CT molecular complexity index is 906. The zero-order valence-electron chi connectivity index (χ0n) is 15.6. The number of amidine groups is 1. The van der Waals surface area contributed by atoms with Crippen LogP contribution in [0.4, 0.5) is 5.69 Å². The van der Waals surface area contributed by atoms with Gasteiger partial charge in [-0.1, -0.05) is 29.8 Å². The largest absolute Gasteiger partial charge is 0.454 e. The van der Waals surface area contributed by atoms with E-state index in [-0.39, 0.29) is 6.79 Å². The van der Waals surface area contributed by atoms with Crippen LogP contribution in [0.1, 0.15) is 36.8 Å². The van der Waals surface area contributed by atoms with Crippen LogP contribution in [0.3, 0.4) is 0 Å². The van der Waals surface area contributed by atoms with E-state index in [1.807, 2.05) is 30.3 Å². The van der Waals surface area contributed by atoms with Crippen molar-refractivity contribution in [3.8, 4) is 11.5 Å². The van der Waals surface area contributed by atoms with Gasteiger partial charge in [-0.05, 0) is 38.3 Å². The van der Waals surface area contributed by atoms with Crippen LogP contribution in [0, 0.1) is 6.92 Å². The standard InChI is InChI=1S/C22H25N2O3/c1-16-6-8-17(9-7-16)22(25)14-23-12-4-2-3-5-21(23)24(22)18-10-11-19-20(13-18)27-15-26-19/h6-11,13,25H,2-5,12,14-15H2,1H3/q+1. The van der Waals surface area contributed by atoms with E-state index < -0.39 is 5.72 Å². The lowest BCUT2D eigenvalue weighted by molar-refractivity contribution is -0.534. The zero-order valence-corrected chi connectivity index (χ0v) is 15.6. The van der Waals surface area contributed by atoms with Crippen LogP contribution in [0.5, 0.6) is 11.5 Å². The molecule has 5 nitrogen and oxygen atoms in total. The van der Waals surface area contributed by atoms with Gasteiger partial charge in [-0.25, -0.2) is 0 Å². The minimum atomic E-state index is -1.09. The number of aliphatic hydroxyl groups is 1. The molecule has 0 radical (unpaired) electrons. The van der Waals surface area contributed by atoms with Gasteiger partial charge in [0, 0.05) is 18.1 Å². The fraction of sp³-hybridized carbons (Fsp3) is 0.409. The monoisotopic (exact) mass is 365 g/mol. The lowest BCUT2D eigenvalue weighted by atomic mass is 9.98. The van der Waals surface area contributed by atoms with E-state index >= 15 is 0 Å². The molecule has 3 aliphatic rings. The smallest absolute Gasteiger partial charge is 0.275 e. The van der Waals surface area contributed by atoms with Crippen molar-refractivity contribution in [2.75, 3.05) is 24.8 Å². The Kier molecular flexibility index (Phi) is 3.86. The van der Waals surface area contributed by atoms with Crippen molar-refractivity contribution in [3.05, 3.63) is 53.6 Å². The number of ether oxygens (including phenoxy) is 2. The number of hydrogen-bond donors (Lipinski definition) is 1. The summed E-state index contributed by atoms with van der Waals surface area (Å²) in [5.41, 5.74) is 1.97. The lowest BCUT2D eigenvalue weighted by Gasteiger charge is -2.29. The first-order valence-electron chi connectivity index (χ1n) is 9.75. The molecule has 0 spiro atoms. The summed E-state index contributed by atoms with van der Waals surface area (Å²) >= 11 is 0. The normalized spacial score (nSPS) is 24.1. The topological polar surface area (TPSA) is 44.9 Å². The quantitative estimate of drug-likeness (QED) is 0.829. The van der Waals surface area contributed by atoms with Gasteiger partial charge >= 0.3 is 0 Å². The van der Waals surface area contributed by atoms with Crippen molar-refractivity contribution >= 4 is 11.5 Å². The maximum Gasteiger partial charge on any atom is 0.275 e. The van der Waals surface area contributed by atoms with Crippen LogP contribution in [-0.2, 0) is 5.72 Å². The fourth-order valence-electron chi connectivity index (χ4n) is 4.45. The van der Waals surface area contributed by atoms with Crippen molar-refractivity contribution in [3.63, 3.8) is 0 Å². The van der Waals surface area contributed by atoms with E-state index in [0.29, 0.717) is 6.54 Å². The lowest BCUT2D eigenvalue weighted by Crippen LogP contribution is -2.47. The highest BCUT2D eigenvalue weighted by atomic mass is 16.7. The van der Waals surface area contributed by atoms with Gasteiger partial charge in [0.1, 0.15) is 5.69 Å². The van der Waals surface area contributed by atoms with E-state index in [2.05, 4.69) is 28.5 Å². The minimum Gasteiger partial charge on any atom is -0.454 e. The number of aryl methyl sites for hydroxylation is 1. The number of rotatable bonds is 2. The second-order valence-corrected chi connectivity index (χ2v) is 7.70. The predicted octanol–water partition coefficient (Wildman–Crippen LogP) is 3.37. The molecule has 1 N–H and O–H groups in total. The molecule has 0 saturated heterocycles. The number of nitrogens with zero attached hydrogens (tertiary/aromatic N) is 2. The van der Waals surface area contributed by atoms with Crippen molar-refractivity contribution in [2.45, 2.75) is 38.3 Å². The third kappa shape index (κ3) is 2.69. The molecule has 0 bridgehead atoms. The molecule has 0 fully saturated rings. The summed E-state index contributed by atoms with van der Waals surface area (Å²) in [5.74, 6) is 2.71. The van der Waals surface area contributed by atoms with Crippen LogP contribution in [0.15, 0.2) is 42.5 Å². The van der Waals surface area contributed by atoms with Gasteiger partial charge in [-0.3, -0.25) is 4.58 Å². The Hall–Kier alpha value is -2.53. The minimum absolute atomic E-state index is 0.254. The second kappa shape index (κ2) is 6.27. The van der Waals surface area contributed by atoms with Gasteiger partial charge in [0.15, 0.2) is 18.0 Å². The first-order chi connectivity index (χ1) is 13.1. The second-order valence-electron chi connectivity index (χ2n) is 7.70. The first-order valence-corrected chi connectivity index (χ1v) is 9.75. The zero-order chi connectivity index (χ0) is 18.4. The molecular formula is C22H25N2O3+. The molecule has 1 unspecified atom stereocenters. The molecule has 0 amide bonds. The first kappa shape index (κ1) is 16.6. The Morgan fingerprint density at radius 3 is 2.67 bits per heavy atom. The van der Waals surface area contributed by atoms with E-state index in [1.165, 1.54) is 24.2 Å². The molecule has 2 aromatic carbocycles. The Morgan fingerprint density at radius 2 is 1.81 bits per heavy atom. The molecule has 5 rings (SSSR count). The number of benzene rings is 2. The molecule has 0 saturated carbocycles. The molecule has 3 heterocycles. The number of hydrogen-bond acceptors (Lipinski definition) is 4. The number of anilines is 1. The molecule has 3 aliphatic heterocycles. The molecule has 27 heavy (non-hydrogen) atoms. The highest BCUT2D eigenvalue weighted by Gasteiger charge is 2.54. The fourth-order valence-corrected chi connectivity index (χ4v) is 4.45. The van der Waals surface area contributed by atoms with Crippen molar-refractivity contribution in [2.24, 2.45) is 0 Å². The summed E-state index contributed by atoms with van der Waals surface area (Å²) in [6.07, 6.45) is 4.53. The SMILES string of the molecule is Cc1ccc(C2(O)C[N+]3=C(CCCCC3)N2c2ccc3c(c2)OCO3)cc1. The van der Waals surface area contributed by atoms with E-state index in [9.17, 15) is 5.11 Å². The van der Waals surface area contributed by atoms with E-state index in [1.54, 1.807) is 0 Å². The van der Waals surface area contributed by atoms with Gasteiger partial charge in [-0.15, -0.1) is 0 Å². The van der Waals surface area contributed by atoms with Crippen molar-refractivity contribution in [1.82, 2.24) is 0 Å². The van der Waals surface area contributed by atoms with Crippen LogP contribution in [0.2, 0.25) is 0 Å². The van der Waals surface area contributed by atoms with Crippen LogP contribution in [0.25, 0.3) is 0 Å². The van der Waals surface area contributed by atoms with Gasteiger partial charge in [0.25, 0.3) is 11.6 Å². The molecule has 0 aromatic heterocycles. The summed E-state index contributed by atoms with van der Waals surface area (Å²) in [7, 11) is 0. The summed E-state index contributed by atoms with van der Waals surface area (Å²) in [5, 5.41) is 11.9. The van der Waals surface area contributed by atoms with Gasteiger partial charge in [0.2, 0.25) is 6.79 Å². The van der Waals surface area contributed by atoms with E-state index in [0.717, 1.165) is 42.1 Å². The van der Waals surface area contributed by atoms with Crippen LogP contribution >= 0.6 is 0 Å². The Labute approximate surface area is 159 Å². The average molecular weight is 365 g/mol. The molecule has 140 valence electrons. The van der Waals surface area contributed by atoms with Crippen molar-refractivity contribution < 1.29 is 19.2 Å². The average Bonchev–Trinajstić information content (AvgIpc) is 3.17. The number of fused-ring (bicyclic) bond motifs is 1. The Balaban J connectivity index is 1.63. The van der Waals surface area contributed by atoms with Crippen LogP contribution < -0.4 is 14.4 Å². The summed E-state index contributed by atoms with van der Waals surface area (Å²) < 4.78 is 13.4. The summed E-state index contributed by atoms with van der Waals surface area (Å²) in [6.45, 7) is 3.90.